The van der Waals surface area contributed by atoms with Crippen LogP contribution in [-0.2, 0) is 6.42 Å². The molecule has 0 aliphatic rings. The predicted octanol–water partition coefficient (Wildman–Crippen LogP) is 3.59. The van der Waals surface area contributed by atoms with Crippen molar-refractivity contribution in [2.45, 2.75) is 31.8 Å². The van der Waals surface area contributed by atoms with Gasteiger partial charge in [-0.1, -0.05) is 30.4 Å². The van der Waals surface area contributed by atoms with Crippen LogP contribution in [0.15, 0.2) is 48.5 Å². The largest absolute Gasteiger partial charge is 0.508 e. The third-order valence-electron chi connectivity index (χ3n) is 3.68. The Morgan fingerprint density at radius 2 is 1.61 bits per heavy atom. The van der Waals surface area contributed by atoms with Crippen molar-refractivity contribution in [3.8, 4) is 17.2 Å². The van der Waals surface area contributed by atoms with Gasteiger partial charge in [0.1, 0.15) is 5.75 Å². The quantitative estimate of drug-likeness (QED) is 0.589. The smallest absolute Gasteiger partial charge is 0.157 e. The second-order valence-corrected chi connectivity index (χ2v) is 5.59. The molecule has 2 aromatic carbocycles. The van der Waals surface area contributed by atoms with Gasteiger partial charge in [-0.3, -0.25) is 0 Å². The van der Waals surface area contributed by atoms with Crippen molar-refractivity contribution in [1.82, 2.24) is 0 Å². The summed E-state index contributed by atoms with van der Waals surface area (Å²) >= 11 is 0. The highest BCUT2D eigenvalue weighted by Crippen LogP contribution is 2.25. The lowest BCUT2D eigenvalue weighted by molar-refractivity contribution is 0.156. The minimum atomic E-state index is -0.407. The number of aromatic hydroxyl groups is 3. The lowest BCUT2D eigenvalue weighted by atomic mass is 10.0. The molecule has 0 radical (unpaired) electrons. The Morgan fingerprint density at radius 1 is 0.870 bits per heavy atom. The first kappa shape index (κ1) is 16.9. The Balaban J connectivity index is 1.71. The fourth-order valence-corrected chi connectivity index (χ4v) is 2.30. The second-order valence-electron chi connectivity index (χ2n) is 5.59. The molecule has 0 saturated heterocycles. The lowest BCUT2D eigenvalue weighted by Crippen LogP contribution is -2.07. The molecule has 0 amide bonds. The van der Waals surface area contributed by atoms with Crippen LogP contribution in [0, 0.1) is 0 Å². The molecule has 0 heterocycles. The predicted molar refractivity (Wildman–Crippen MR) is 90.5 cm³/mol. The number of benzene rings is 2. The standard InChI is InChI=1S/C19H22O4/c20-16(11-7-15-8-12-18(22)19(23)13-15)4-2-1-3-14-5-9-17(21)10-6-14/h1,3,5-6,8-10,12-13,16,20-23H,2,4,7,11H2/b3-1+/t16-/m0/s1. The van der Waals surface area contributed by atoms with E-state index in [1.807, 2.05) is 24.3 Å². The van der Waals surface area contributed by atoms with Crippen LogP contribution >= 0.6 is 0 Å². The minimum absolute atomic E-state index is 0.131. The van der Waals surface area contributed by atoms with Crippen molar-refractivity contribution < 1.29 is 20.4 Å². The number of hydrogen-bond donors (Lipinski definition) is 4. The van der Waals surface area contributed by atoms with Gasteiger partial charge in [0.25, 0.3) is 0 Å². The number of phenolic OH excluding ortho intramolecular Hbond substituents is 3. The van der Waals surface area contributed by atoms with E-state index in [0.717, 1.165) is 17.5 Å². The molecule has 0 spiro atoms. The van der Waals surface area contributed by atoms with Crippen LogP contribution in [0.25, 0.3) is 6.08 Å². The first-order valence-corrected chi connectivity index (χ1v) is 7.69. The lowest BCUT2D eigenvalue weighted by Gasteiger charge is -2.09. The number of hydrogen-bond acceptors (Lipinski definition) is 4. The summed E-state index contributed by atoms with van der Waals surface area (Å²) in [6.07, 6.45) is 6.25. The third kappa shape index (κ3) is 5.68. The molecular formula is C19H22O4. The summed E-state index contributed by atoms with van der Waals surface area (Å²) in [7, 11) is 0. The fourth-order valence-electron chi connectivity index (χ4n) is 2.30. The SMILES string of the molecule is Oc1ccc(/C=C/CC[C@H](O)CCc2ccc(O)c(O)c2)cc1. The number of allylic oxidation sites excluding steroid dienone is 1. The molecule has 0 fully saturated rings. The van der Waals surface area contributed by atoms with E-state index in [1.54, 1.807) is 18.2 Å². The van der Waals surface area contributed by atoms with Crippen LogP contribution in [0.5, 0.6) is 17.2 Å². The van der Waals surface area contributed by atoms with Crippen LogP contribution in [0.1, 0.15) is 30.4 Å². The highest BCUT2D eigenvalue weighted by molar-refractivity contribution is 5.50. The average Bonchev–Trinajstić information content (AvgIpc) is 2.54. The van der Waals surface area contributed by atoms with E-state index in [0.29, 0.717) is 19.3 Å². The molecule has 1 atom stereocenters. The Morgan fingerprint density at radius 3 is 2.30 bits per heavy atom. The van der Waals surface area contributed by atoms with Crippen molar-refractivity contribution in [3.05, 3.63) is 59.7 Å². The van der Waals surface area contributed by atoms with E-state index in [2.05, 4.69) is 0 Å². The monoisotopic (exact) mass is 314 g/mol. The van der Waals surface area contributed by atoms with Crippen LogP contribution in [0.3, 0.4) is 0 Å². The van der Waals surface area contributed by atoms with Gasteiger partial charge < -0.3 is 20.4 Å². The molecule has 0 saturated carbocycles. The van der Waals surface area contributed by atoms with Gasteiger partial charge in [0.05, 0.1) is 6.10 Å². The molecule has 0 bridgehead atoms. The maximum Gasteiger partial charge on any atom is 0.157 e. The van der Waals surface area contributed by atoms with Crippen molar-refractivity contribution in [3.63, 3.8) is 0 Å². The van der Waals surface area contributed by atoms with Crippen molar-refractivity contribution >= 4 is 6.08 Å². The molecule has 0 unspecified atom stereocenters. The average molecular weight is 314 g/mol. The summed E-state index contributed by atoms with van der Waals surface area (Å²) in [6, 6.07) is 11.7. The van der Waals surface area contributed by atoms with Gasteiger partial charge >= 0.3 is 0 Å². The van der Waals surface area contributed by atoms with Gasteiger partial charge in [0.15, 0.2) is 11.5 Å². The van der Waals surface area contributed by atoms with Crippen molar-refractivity contribution in [2.24, 2.45) is 0 Å². The van der Waals surface area contributed by atoms with E-state index < -0.39 is 6.10 Å². The van der Waals surface area contributed by atoms with Crippen LogP contribution in [0.4, 0.5) is 0 Å². The third-order valence-corrected chi connectivity index (χ3v) is 3.68. The Bertz CT molecular complexity index is 647. The Hall–Kier alpha value is -2.46. The summed E-state index contributed by atoms with van der Waals surface area (Å²) in [5.41, 5.74) is 1.90. The highest BCUT2D eigenvalue weighted by Gasteiger charge is 2.05. The number of phenols is 3. The van der Waals surface area contributed by atoms with Gasteiger partial charge in [-0.2, -0.15) is 0 Å². The molecule has 4 N–H and O–H groups in total. The molecule has 23 heavy (non-hydrogen) atoms. The van der Waals surface area contributed by atoms with Crippen LogP contribution in [0.2, 0.25) is 0 Å². The maximum absolute atomic E-state index is 9.99. The fraction of sp³-hybridized carbons (Fsp3) is 0.263. The highest BCUT2D eigenvalue weighted by atomic mass is 16.3. The van der Waals surface area contributed by atoms with Crippen LogP contribution in [-0.4, -0.2) is 26.5 Å². The first-order valence-electron chi connectivity index (χ1n) is 7.69. The Kier molecular flexibility index (Phi) is 6.06. The Labute approximate surface area is 136 Å². The molecule has 2 rings (SSSR count). The van der Waals surface area contributed by atoms with Gasteiger partial charge in [-0.15, -0.1) is 0 Å². The summed E-state index contributed by atoms with van der Waals surface area (Å²) in [5, 5.41) is 37.9. The minimum Gasteiger partial charge on any atom is -0.508 e. The molecule has 0 aliphatic heterocycles. The molecule has 0 aliphatic carbocycles. The zero-order valence-electron chi connectivity index (χ0n) is 12.9. The number of aryl methyl sites for hydroxylation is 1. The number of rotatable bonds is 7. The van der Waals surface area contributed by atoms with Gasteiger partial charge in [-0.25, -0.2) is 0 Å². The molecule has 2 aromatic rings. The summed E-state index contributed by atoms with van der Waals surface area (Å²) in [4.78, 5) is 0. The van der Waals surface area contributed by atoms with Crippen LogP contribution < -0.4 is 0 Å². The van der Waals surface area contributed by atoms with E-state index >= 15 is 0 Å². The zero-order valence-corrected chi connectivity index (χ0v) is 12.9. The van der Waals surface area contributed by atoms with Gasteiger partial charge in [-0.05, 0) is 61.1 Å². The number of aliphatic hydroxyl groups excluding tert-OH is 1. The van der Waals surface area contributed by atoms with E-state index in [-0.39, 0.29) is 17.2 Å². The van der Waals surface area contributed by atoms with E-state index in [9.17, 15) is 20.4 Å². The summed E-state index contributed by atoms with van der Waals surface area (Å²) in [5.74, 6) is -0.0136. The summed E-state index contributed by atoms with van der Waals surface area (Å²) in [6.45, 7) is 0. The molecule has 0 aromatic heterocycles. The van der Waals surface area contributed by atoms with Crippen molar-refractivity contribution in [1.29, 1.82) is 0 Å². The molecule has 4 nitrogen and oxygen atoms in total. The van der Waals surface area contributed by atoms with Gasteiger partial charge in [0, 0.05) is 0 Å². The normalized spacial score (nSPS) is 12.6. The molecule has 122 valence electrons. The maximum atomic E-state index is 9.99. The summed E-state index contributed by atoms with van der Waals surface area (Å²) < 4.78 is 0. The zero-order chi connectivity index (χ0) is 16.7. The topological polar surface area (TPSA) is 80.9 Å². The second kappa shape index (κ2) is 8.25. The molecular weight excluding hydrogens is 292 g/mol. The van der Waals surface area contributed by atoms with E-state index in [1.165, 1.54) is 12.1 Å². The molecule has 4 heteroatoms. The number of aliphatic hydroxyl groups is 1. The van der Waals surface area contributed by atoms with Gasteiger partial charge in [0.2, 0.25) is 0 Å². The van der Waals surface area contributed by atoms with Crippen molar-refractivity contribution in [2.75, 3.05) is 0 Å². The van der Waals surface area contributed by atoms with E-state index in [4.69, 9.17) is 0 Å². The first-order chi connectivity index (χ1) is 11.0.